The van der Waals surface area contributed by atoms with Crippen LogP contribution in [-0.2, 0) is 23.9 Å². The normalized spacial score (nSPS) is 27.5. The summed E-state index contributed by atoms with van der Waals surface area (Å²) in [5.74, 6) is -9.03. The molecule has 0 aliphatic carbocycles. The van der Waals surface area contributed by atoms with E-state index < -0.39 is 72.5 Å². The van der Waals surface area contributed by atoms with Crippen molar-refractivity contribution in [2.45, 2.75) is 94.7 Å². The van der Waals surface area contributed by atoms with E-state index in [1.165, 1.54) is 20.8 Å². The first-order valence-corrected chi connectivity index (χ1v) is 12.1. The zero-order valence-corrected chi connectivity index (χ0v) is 22.7. The van der Waals surface area contributed by atoms with Crippen molar-refractivity contribution in [2.24, 2.45) is 5.92 Å². The van der Waals surface area contributed by atoms with Crippen LogP contribution in [0.15, 0.2) is 0 Å². The number of unbranched alkanes of at least 4 members (excludes halogenated alkanes) is 1. The SMILES string of the molecule is CC(=O)[C@H](C)NC(=O)[C@H](C)CC(=O)[C@H](CCCCNC(=O)C(F)(F)C1(O)O[C@H](CO)[C@H](O)[C@H](O)[C@H]1O)N[NH3+].[Cl-]. The van der Waals surface area contributed by atoms with Gasteiger partial charge in [-0.25, -0.2) is 0 Å². The molecule has 1 aliphatic heterocycles. The molecule has 0 aromatic carbocycles. The Labute approximate surface area is 230 Å². The Morgan fingerprint density at radius 1 is 1.10 bits per heavy atom. The monoisotopic (exact) mass is 592 g/mol. The van der Waals surface area contributed by atoms with Crippen molar-refractivity contribution >= 4 is 23.4 Å². The van der Waals surface area contributed by atoms with Crippen LogP contribution in [0.2, 0.25) is 0 Å². The van der Waals surface area contributed by atoms with Gasteiger partial charge in [0, 0.05) is 18.9 Å². The molecule has 0 bridgehead atoms. The summed E-state index contributed by atoms with van der Waals surface area (Å²) < 4.78 is 34.0. The minimum Gasteiger partial charge on any atom is -1.00 e. The topological polar surface area (TPSA) is 242 Å². The molecule has 1 saturated heterocycles. The first kappa shape index (κ1) is 37.1. The summed E-state index contributed by atoms with van der Waals surface area (Å²) in [6.45, 7) is 2.96. The Kier molecular flexibility index (Phi) is 15.0. The highest BCUT2D eigenvalue weighted by Gasteiger charge is 2.69. The van der Waals surface area contributed by atoms with Gasteiger partial charge in [0.15, 0.2) is 11.6 Å². The highest BCUT2D eigenvalue weighted by molar-refractivity contribution is 5.92. The molecule has 1 unspecified atom stereocenters. The molecule has 39 heavy (non-hydrogen) atoms. The van der Waals surface area contributed by atoms with Gasteiger partial charge < -0.3 is 53.3 Å². The lowest BCUT2D eigenvalue weighted by atomic mass is 9.88. The van der Waals surface area contributed by atoms with Crippen LogP contribution in [0.25, 0.3) is 0 Å². The molecule has 0 aromatic rings. The number of hydrogen-bond donors (Lipinski definition) is 9. The van der Waals surface area contributed by atoms with Gasteiger partial charge in [-0.3, -0.25) is 25.0 Å². The average molecular weight is 593 g/mol. The number of aliphatic hydroxyl groups excluding tert-OH is 4. The number of alkyl halides is 2. The molecule has 0 aromatic heterocycles. The van der Waals surface area contributed by atoms with Crippen LogP contribution in [0.1, 0.15) is 46.5 Å². The van der Waals surface area contributed by atoms with Crippen LogP contribution < -0.4 is 34.3 Å². The van der Waals surface area contributed by atoms with Gasteiger partial charge in [0.25, 0.3) is 11.7 Å². The largest absolute Gasteiger partial charge is 1.00 e. The summed E-state index contributed by atoms with van der Waals surface area (Å²) in [6.07, 6.45) is -8.56. The second-order valence-electron chi connectivity index (χ2n) is 9.46. The van der Waals surface area contributed by atoms with E-state index in [0.29, 0.717) is 0 Å². The summed E-state index contributed by atoms with van der Waals surface area (Å²) in [4.78, 5) is 48.0. The molecule has 0 spiro atoms. The van der Waals surface area contributed by atoms with Gasteiger partial charge in [-0.2, -0.15) is 14.2 Å². The van der Waals surface area contributed by atoms with Crippen LogP contribution in [0.4, 0.5) is 8.78 Å². The number of carbonyl (C=O) groups excluding carboxylic acids is 4. The fourth-order valence-electron chi connectivity index (χ4n) is 3.73. The third-order valence-electron chi connectivity index (χ3n) is 6.46. The van der Waals surface area contributed by atoms with Gasteiger partial charge in [0.1, 0.15) is 30.5 Å². The number of ketones is 2. The third-order valence-corrected chi connectivity index (χ3v) is 6.46. The quantitative estimate of drug-likeness (QED) is 0.0639. The molecule has 1 fully saturated rings. The highest BCUT2D eigenvalue weighted by atomic mass is 35.5. The van der Waals surface area contributed by atoms with E-state index in [1.54, 1.807) is 0 Å². The van der Waals surface area contributed by atoms with E-state index >= 15 is 0 Å². The predicted molar refractivity (Wildman–Crippen MR) is 124 cm³/mol. The number of ether oxygens (including phenoxy) is 1. The van der Waals surface area contributed by atoms with Crippen molar-refractivity contribution in [1.29, 1.82) is 0 Å². The molecule has 1 aliphatic rings. The van der Waals surface area contributed by atoms with Crippen molar-refractivity contribution in [3.8, 4) is 0 Å². The molecule has 11 N–H and O–H groups in total. The summed E-state index contributed by atoms with van der Waals surface area (Å²) in [5.41, 5.74) is 2.56. The molecular formula is C22H39ClF2N4O10. The molecule has 2 amide bonds. The second kappa shape index (κ2) is 15.8. The van der Waals surface area contributed by atoms with E-state index in [0.717, 1.165) is 0 Å². The van der Waals surface area contributed by atoms with E-state index in [2.05, 4.69) is 21.3 Å². The molecule has 1 rings (SSSR count). The number of halogens is 3. The number of quaternary nitrogens is 1. The fourth-order valence-corrected chi connectivity index (χ4v) is 3.73. The number of carbonyl (C=O) groups is 4. The Morgan fingerprint density at radius 3 is 2.21 bits per heavy atom. The third kappa shape index (κ3) is 9.06. The number of Topliss-reactive ketones (excluding diaryl/α,β-unsaturated/α-hetero) is 2. The van der Waals surface area contributed by atoms with Crippen molar-refractivity contribution in [2.75, 3.05) is 13.2 Å². The highest BCUT2D eigenvalue weighted by Crippen LogP contribution is 2.40. The van der Waals surface area contributed by atoms with Crippen LogP contribution in [0, 0.1) is 5.92 Å². The molecule has 0 radical (unpaired) electrons. The molecular weight excluding hydrogens is 554 g/mol. The first-order valence-electron chi connectivity index (χ1n) is 12.1. The van der Waals surface area contributed by atoms with Crippen LogP contribution in [0.3, 0.4) is 0 Å². The zero-order chi connectivity index (χ0) is 29.4. The Bertz CT molecular complexity index is 856. The Balaban J connectivity index is 0.0000144. The summed E-state index contributed by atoms with van der Waals surface area (Å²) in [7, 11) is 0. The Morgan fingerprint density at radius 2 is 1.69 bits per heavy atom. The van der Waals surface area contributed by atoms with Gasteiger partial charge in [-0.05, 0) is 33.1 Å². The van der Waals surface area contributed by atoms with Crippen molar-refractivity contribution in [3.05, 3.63) is 0 Å². The smallest absolute Gasteiger partial charge is 0.379 e. The number of rotatable bonds is 15. The minimum absolute atomic E-state index is 0. The fraction of sp³-hybridized carbons (Fsp3) is 0.818. The number of aliphatic hydroxyl groups is 5. The van der Waals surface area contributed by atoms with Gasteiger partial charge in [0.2, 0.25) is 5.91 Å². The molecule has 228 valence electrons. The summed E-state index contributed by atoms with van der Waals surface area (Å²) in [6, 6.07) is -1.45. The molecule has 1 heterocycles. The lowest BCUT2D eigenvalue weighted by Gasteiger charge is -2.47. The van der Waals surface area contributed by atoms with E-state index in [4.69, 9.17) is 5.11 Å². The summed E-state index contributed by atoms with van der Waals surface area (Å²) in [5, 5.41) is 53.0. The lowest BCUT2D eigenvalue weighted by Crippen LogP contribution is -3.00. The van der Waals surface area contributed by atoms with E-state index in [9.17, 15) is 48.4 Å². The van der Waals surface area contributed by atoms with Crippen molar-refractivity contribution in [3.63, 3.8) is 0 Å². The standard InChI is InChI=1S/C22H38F2N4O10.ClH/c1-10(19(35)27-11(2)12(3)30)8-14(31)13(28-25)6-4-5-7-26-20(36)21(23,24)22(37)18(34)17(33)16(32)15(9-29)38-22;/h10-11,13,15-18,28-29,32-34,37H,4-9,25H2,1-3H3,(H,26,36)(H,27,35);1H/t10-,11+,13+,15-,16+,17+,18-,22?;/m1./s1. The first-order chi connectivity index (χ1) is 17.5. The molecule has 8 atom stereocenters. The van der Waals surface area contributed by atoms with Gasteiger partial charge >= 0.3 is 5.92 Å². The van der Waals surface area contributed by atoms with Crippen molar-refractivity contribution < 1.29 is 76.5 Å². The number of amides is 2. The average Bonchev–Trinajstić information content (AvgIpc) is 2.86. The maximum Gasteiger partial charge on any atom is 0.379 e. The van der Waals surface area contributed by atoms with E-state index in [1.807, 2.05) is 5.32 Å². The second-order valence-corrected chi connectivity index (χ2v) is 9.46. The van der Waals surface area contributed by atoms with Crippen LogP contribution in [-0.4, -0.2) is 110 Å². The maximum atomic E-state index is 14.7. The van der Waals surface area contributed by atoms with Crippen LogP contribution >= 0.6 is 0 Å². The molecule has 0 saturated carbocycles. The minimum atomic E-state index is -4.79. The van der Waals surface area contributed by atoms with E-state index in [-0.39, 0.29) is 56.2 Å². The van der Waals surface area contributed by atoms with Crippen molar-refractivity contribution in [1.82, 2.24) is 16.1 Å². The summed E-state index contributed by atoms with van der Waals surface area (Å²) >= 11 is 0. The maximum absolute atomic E-state index is 14.7. The lowest BCUT2D eigenvalue weighted by molar-refractivity contribution is -0.449. The van der Waals surface area contributed by atoms with Gasteiger partial charge in [-0.15, -0.1) is 0 Å². The number of hydrogen-bond acceptors (Lipinski definition) is 11. The predicted octanol–water partition coefficient (Wildman–Crippen LogP) is -7.12. The van der Waals surface area contributed by atoms with Gasteiger partial charge in [0.05, 0.1) is 12.6 Å². The Hall–Kier alpha value is -1.89. The zero-order valence-electron chi connectivity index (χ0n) is 21.9. The number of nitrogens with one attached hydrogen (secondary N) is 3. The molecule has 17 heteroatoms. The van der Waals surface area contributed by atoms with Crippen LogP contribution in [0.5, 0.6) is 0 Å². The molecule has 14 nitrogen and oxygen atoms in total. The van der Waals surface area contributed by atoms with Gasteiger partial charge in [-0.1, -0.05) is 6.92 Å².